The molecular formula is C20H23FN2O2. The Morgan fingerprint density at radius 1 is 1.12 bits per heavy atom. The summed E-state index contributed by atoms with van der Waals surface area (Å²) in [4.78, 5) is 6.74. The maximum atomic E-state index is 13.7. The Bertz CT molecular complexity index is 708. The SMILES string of the molecule is Oc1ccc(CCN2CC3CC(Oc4ccccc4F)CC3C2)nc1. The summed E-state index contributed by atoms with van der Waals surface area (Å²) in [6.45, 7) is 3.16. The molecule has 1 aliphatic carbocycles. The van der Waals surface area contributed by atoms with Crippen molar-refractivity contribution in [1.29, 1.82) is 0 Å². The Kier molecular flexibility index (Phi) is 4.57. The number of nitrogens with zero attached hydrogens (tertiary/aromatic N) is 2. The molecule has 2 aromatic rings. The molecule has 4 rings (SSSR count). The Labute approximate surface area is 147 Å². The third kappa shape index (κ3) is 3.76. The predicted molar refractivity (Wildman–Crippen MR) is 93.1 cm³/mol. The van der Waals surface area contributed by atoms with Crippen molar-refractivity contribution in [3.05, 3.63) is 54.1 Å². The maximum absolute atomic E-state index is 13.7. The van der Waals surface area contributed by atoms with E-state index in [2.05, 4.69) is 9.88 Å². The molecule has 1 N–H and O–H groups in total. The van der Waals surface area contributed by atoms with Gasteiger partial charge >= 0.3 is 0 Å². The molecule has 1 saturated carbocycles. The molecule has 2 atom stereocenters. The van der Waals surface area contributed by atoms with Crippen LogP contribution in [0.2, 0.25) is 0 Å². The van der Waals surface area contributed by atoms with Crippen LogP contribution in [0.5, 0.6) is 11.5 Å². The molecule has 1 aliphatic heterocycles. The molecule has 1 saturated heterocycles. The lowest BCUT2D eigenvalue weighted by molar-refractivity contribution is 0.179. The zero-order valence-corrected chi connectivity index (χ0v) is 14.1. The van der Waals surface area contributed by atoms with Crippen LogP contribution >= 0.6 is 0 Å². The fourth-order valence-electron chi connectivity index (χ4n) is 4.18. The summed E-state index contributed by atoms with van der Waals surface area (Å²) < 4.78 is 19.6. The van der Waals surface area contributed by atoms with Crippen molar-refractivity contribution in [3.63, 3.8) is 0 Å². The smallest absolute Gasteiger partial charge is 0.165 e. The summed E-state index contributed by atoms with van der Waals surface area (Å²) in [5.74, 6) is 1.60. The highest BCUT2D eigenvalue weighted by atomic mass is 19.1. The fraction of sp³-hybridized carbons (Fsp3) is 0.450. The Hall–Kier alpha value is -2.14. The highest BCUT2D eigenvalue weighted by Crippen LogP contribution is 2.40. The van der Waals surface area contributed by atoms with Gasteiger partial charge in [-0.15, -0.1) is 0 Å². The van der Waals surface area contributed by atoms with Gasteiger partial charge in [0.1, 0.15) is 5.75 Å². The largest absolute Gasteiger partial charge is 0.506 e. The van der Waals surface area contributed by atoms with Gasteiger partial charge in [-0.25, -0.2) is 4.39 Å². The zero-order valence-electron chi connectivity index (χ0n) is 14.1. The summed E-state index contributed by atoms with van der Waals surface area (Å²) in [6.07, 6.45) is 4.54. The van der Waals surface area contributed by atoms with Crippen LogP contribution in [0.3, 0.4) is 0 Å². The first kappa shape index (κ1) is 16.3. The lowest BCUT2D eigenvalue weighted by atomic mass is 10.0. The number of pyridine rings is 1. The molecule has 2 unspecified atom stereocenters. The van der Waals surface area contributed by atoms with Crippen molar-refractivity contribution < 1.29 is 14.2 Å². The molecule has 2 aliphatic rings. The van der Waals surface area contributed by atoms with Crippen LogP contribution in [0.15, 0.2) is 42.6 Å². The first-order valence-corrected chi connectivity index (χ1v) is 8.95. The average molecular weight is 342 g/mol. The molecular weight excluding hydrogens is 319 g/mol. The lowest BCUT2D eigenvalue weighted by Crippen LogP contribution is -2.26. The van der Waals surface area contributed by atoms with E-state index in [-0.39, 0.29) is 17.7 Å². The first-order valence-electron chi connectivity index (χ1n) is 8.95. The van der Waals surface area contributed by atoms with Gasteiger partial charge in [-0.2, -0.15) is 0 Å². The fourth-order valence-corrected chi connectivity index (χ4v) is 4.18. The minimum Gasteiger partial charge on any atom is -0.506 e. The molecule has 2 heterocycles. The monoisotopic (exact) mass is 342 g/mol. The van der Waals surface area contributed by atoms with Crippen LogP contribution in [0, 0.1) is 17.7 Å². The molecule has 1 aromatic carbocycles. The van der Waals surface area contributed by atoms with E-state index in [0.717, 1.165) is 44.6 Å². The normalized spacial score (nSPS) is 25.9. The molecule has 25 heavy (non-hydrogen) atoms. The molecule has 0 amide bonds. The second-order valence-electron chi connectivity index (χ2n) is 7.18. The van der Waals surface area contributed by atoms with Gasteiger partial charge in [0.05, 0.1) is 12.3 Å². The van der Waals surface area contributed by atoms with E-state index in [1.807, 2.05) is 12.1 Å². The second kappa shape index (κ2) is 7.00. The van der Waals surface area contributed by atoms with Crippen molar-refractivity contribution >= 4 is 0 Å². The Balaban J connectivity index is 1.26. The summed E-state index contributed by atoms with van der Waals surface area (Å²) in [5.41, 5.74) is 1.01. The van der Waals surface area contributed by atoms with Gasteiger partial charge < -0.3 is 14.7 Å². The van der Waals surface area contributed by atoms with Gasteiger partial charge in [-0.1, -0.05) is 12.1 Å². The maximum Gasteiger partial charge on any atom is 0.165 e. The minimum absolute atomic E-state index is 0.132. The minimum atomic E-state index is -0.275. The standard InChI is InChI=1S/C20H23FN2O2/c21-19-3-1-2-4-20(19)25-18-9-14-12-23(13-15(14)10-18)8-7-16-5-6-17(24)11-22-16/h1-6,11,14-15,18,24H,7-10,12-13H2. The molecule has 0 bridgehead atoms. The Morgan fingerprint density at radius 2 is 1.88 bits per heavy atom. The van der Waals surface area contributed by atoms with Gasteiger partial charge in [-0.3, -0.25) is 4.98 Å². The summed E-state index contributed by atoms with van der Waals surface area (Å²) in [5, 5.41) is 9.28. The van der Waals surface area contributed by atoms with Crippen LogP contribution in [0.25, 0.3) is 0 Å². The zero-order chi connectivity index (χ0) is 17.2. The van der Waals surface area contributed by atoms with Gasteiger partial charge in [-0.05, 0) is 48.9 Å². The van der Waals surface area contributed by atoms with Gasteiger partial charge in [0.15, 0.2) is 11.6 Å². The van der Waals surface area contributed by atoms with Crippen molar-refractivity contribution in [2.24, 2.45) is 11.8 Å². The second-order valence-corrected chi connectivity index (χ2v) is 7.18. The third-order valence-electron chi connectivity index (χ3n) is 5.41. The van der Waals surface area contributed by atoms with E-state index in [1.165, 1.54) is 12.3 Å². The number of rotatable bonds is 5. The third-order valence-corrected chi connectivity index (χ3v) is 5.41. The molecule has 0 spiro atoms. The quantitative estimate of drug-likeness (QED) is 0.906. The van der Waals surface area contributed by atoms with E-state index in [4.69, 9.17) is 4.74 Å². The number of aromatic hydroxyl groups is 1. The topological polar surface area (TPSA) is 45.6 Å². The van der Waals surface area contributed by atoms with E-state index in [9.17, 15) is 9.50 Å². The van der Waals surface area contributed by atoms with Gasteiger partial charge in [0.25, 0.3) is 0 Å². The average Bonchev–Trinajstić information content (AvgIpc) is 3.14. The lowest BCUT2D eigenvalue weighted by Gasteiger charge is -2.19. The number of halogens is 1. The number of benzene rings is 1. The molecule has 0 radical (unpaired) electrons. The van der Waals surface area contributed by atoms with E-state index < -0.39 is 0 Å². The number of aromatic nitrogens is 1. The summed E-state index contributed by atoms with van der Waals surface area (Å²) >= 11 is 0. The van der Waals surface area contributed by atoms with Crippen LogP contribution in [-0.2, 0) is 6.42 Å². The van der Waals surface area contributed by atoms with Crippen molar-refractivity contribution in [2.45, 2.75) is 25.4 Å². The molecule has 1 aromatic heterocycles. The first-order chi connectivity index (χ1) is 12.2. The highest BCUT2D eigenvalue weighted by molar-refractivity contribution is 5.24. The Morgan fingerprint density at radius 3 is 2.56 bits per heavy atom. The van der Waals surface area contributed by atoms with Crippen LogP contribution in [0.1, 0.15) is 18.5 Å². The van der Waals surface area contributed by atoms with E-state index >= 15 is 0 Å². The van der Waals surface area contributed by atoms with Gasteiger partial charge in [0.2, 0.25) is 0 Å². The molecule has 4 nitrogen and oxygen atoms in total. The summed E-state index contributed by atoms with van der Waals surface area (Å²) in [7, 11) is 0. The predicted octanol–water partition coefficient (Wildman–Crippen LogP) is 3.26. The van der Waals surface area contributed by atoms with Crippen molar-refractivity contribution in [2.75, 3.05) is 19.6 Å². The van der Waals surface area contributed by atoms with E-state index in [0.29, 0.717) is 17.6 Å². The summed E-state index contributed by atoms with van der Waals surface area (Å²) in [6, 6.07) is 10.2. The molecule has 5 heteroatoms. The number of para-hydroxylation sites is 1. The van der Waals surface area contributed by atoms with Gasteiger partial charge in [0, 0.05) is 31.7 Å². The van der Waals surface area contributed by atoms with Crippen LogP contribution < -0.4 is 4.74 Å². The molecule has 2 fully saturated rings. The van der Waals surface area contributed by atoms with Crippen LogP contribution in [-0.4, -0.2) is 40.7 Å². The number of likely N-dealkylation sites (tertiary alicyclic amines) is 1. The molecule has 132 valence electrons. The number of hydrogen-bond acceptors (Lipinski definition) is 4. The highest BCUT2D eigenvalue weighted by Gasteiger charge is 2.41. The number of ether oxygens (including phenoxy) is 1. The van der Waals surface area contributed by atoms with Crippen molar-refractivity contribution in [3.8, 4) is 11.5 Å². The number of fused-ring (bicyclic) bond motifs is 1. The van der Waals surface area contributed by atoms with Crippen LogP contribution in [0.4, 0.5) is 4.39 Å². The van der Waals surface area contributed by atoms with E-state index in [1.54, 1.807) is 18.2 Å². The van der Waals surface area contributed by atoms with Crippen molar-refractivity contribution in [1.82, 2.24) is 9.88 Å². The number of hydrogen-bond donors (Lipinski definition) is 1.